The largest absolute Gasteiger partial charge is 0.378 e. The molecule has 1 aliphatic heterocycles. The van der Waals surface area contributed by atoms with Gasteiger partial charge < -0.3 is 11.1 Å². The van der Waals surface area contributed by atoms with Crippen LogP contribution in [0.1, 0.15) is 25.8 Å². The van der Waals surface area contributed by atoms with Gasteiger partial charge in [0.05, 0.1) is 20.8 Å². The zero-order chi connectivity index (χ0) is 22.8. The second kappa shape index (κ2) is 7.08. The van der Waals surface area contributed by atoms with Crippen LogP contribution in [0.3, 0.4) is 0 Å². The van der Waals surface area contributed by atoms with Crippen molar-refractivity contribution in [1.82, 2.24) is 15.0 Å². The number of hydrogen-bond acceptors (Lipinski definition) is 8. The van der Waals surface area contributed by atoms with Gasteiger partial charge in [0.25, 0.3) is 0 Å². The number of aromatic nitrogens is 3. The molecule has 3 atom stereocenters. The van der Waals surface area contributed by atoms with Crippen molar-refractivity contribution in [1.29, 1.82) is 0 Å². The Hall–Kier alpha value is -2.85. The molecule has 32 heavy (non-hydrogen) atoms. The number of amidine groups is 1. The summed E-state index contributed by atoms with van der Waals surface area (Å²) in [5, 5.41) is 3.58. The van der Waals surface area contributed by atoms with E-state index >= 15 is 4.39 Å². The van der Waals surface area contributed by atoms with E-state index in [0.717, 1.165) is 6.07 Å². The smallest absolute Gasteiger partial charge is 0.164 e. The lowest BCUT2D eigenvalue weighted by Gasteiger charge is -2.33. The lowest BCUT2D eigenvalue weighted by atomic mass is 9.85. The molecule has 7 nitrogen and oxygen atoms in total. The van der Waals surface area contributed by atoms with Crippen LogP contribution in [0.4, 0.5) is 20.3 Å². The number of ketones is 1. The summed E-state index contributed by atoms with van der Waals surface area (Å²) in [5.74, 6) is -2.12. The van der Waals surface area contributed by atoms with Crippen molar-refractivity contribution in [3.8, 4) is 0 Å². The summed E-state index contributed by atoms with van der Waals surface area (Å²) in [6.07, 6.45) is 3.26. The normalized spacial score (nSPS) is 26.4. The van der Waals surface area contributed by atoms with Gasteiger partial charge in [0.2, 0.25) is 0 Å². The first-order valence-corrected chi connectivity index (χ1v) is 10.9. The lowest BCUT2D eigenvalue weighted by molar-refractivity contribution is -0.117. The van der Waals surface area contributed by atoms with E-state index in [9.17, 15) is 9.18 Å². The highest BCUT2D eigenvalue weighted by Crippen LogP contribution is 2.66. The monoisotopic (exact) mass is 474 g/mol. The van der Waals surface area contributed by atoms with Gasteiger partial charge in [-0.3, -0.25) is 9.79 Å². The zero-order valence-electron chi connectivity index (χ0n) is 17.0. The number of aliphatic imine (C=N–C) groups is 1. The van der Waals surface area contributed by atoms with Crippen molar-refractivity contribution in [3.63, 3.8) is 0 Å². The molecular formula is C21H17ClF2N6OS. The molecule has 11 heteroatoms. The van der Waals surface area contributed by atoms with Crippen LogP contribution in [0.2, 0.25) is 5.02 Å². The molecule has 1 saturated carbocycles. The van der Waals surface area contributed by atoms with Gasteiger partial charge in [0.15, 0.2) is 22.6 Å². The average Bonchev–Trinajstić information content (AvgIpc) is 3.47. The lowest BCUT2D eigenvalue weighted by Crippen LogP contribution is -2.38. The van der Waals surface area contributed by atoms with Crippen LogP contribution in [0, 0.1) is 17.6 Å². The van der Waals surface area contributed by atoms with Crippen molar-refractivity contribution in [2.75, 3.05) is 5.32 Å². The number of thioether (sulfide) groups is 1. The molecule has 0 radical (unpaired) electrons. The molecule has 0 bridgehead atoms. The highest BCUT2D eigenvalue weighted by atomic mass is 35.5. The van der Waals surface area contributed by atoms with Gasteiger partial charge in [-0.2, -0.15) is 0 Å². The third-order valence-corrected chi connectivity index (χ3v) is 7.70. The highest BCUT2D eigenvalue weighted by molar-refractivity contribution is 8.15. The minimum Gasteiger partial charge on any atom is -0.378 e. The Labute approximate surface area is 190 Å². The number of hydrogen-bond donors (Lipinski definition) is 2. The molecule has 1 fully saturated rings. The third-order valence-electron chi connectivity index (χ3n) is 6.09. The van der Waals surface area contributed by atoms with E-state index in [1.807, 2.05) is 0 Å². The van der Waals surface area contributed by atoms with Crippen LogP contribution in [-0.4, -0.2) is 30.6 Å². The number of nitrogens with one attached hydrogen (secondary N) is 1. The number of pyridine rings is 1. The molecule has 1 aliphatic carbocycles. The maximum Gasteiger partial charge on any atom is 0.164 e. The molecule has 164 valence electrons. The predicted molar refractivity (Wildman–Crippen MR) is 120 cm³/mol. The maximum atomic E-state index is 15.0. The minimum atomic E-state index is -1.19. The average molecular weight is 475 g/mol. The molecule has 0 amide bonds. The number of fused-ring (bicyclic) bond motifs is 2. The van der Waals surface area contributed by atoms with Crippen LogP contribution < -0.4 is 11.1 Å². The Balaban J connectivity index is 1.60. The second-order valence-electron chi connectivity index (χ2n) is 8.09. The predicted octanol–water partition coefficient (Wildman–Crippen LogP) is 4.32. The Morgan fingerprint density at radius 3 is 2.81 bits per heavy atom. The van der Waals surface area contributed by atoms with Crippen molar-refractivity contribution in [2.45, 2.75) is 30.6 Å². The molecule has 3 heterocycles. The molecule has 0 saturated heterocycles. The summed E-state index contributed by atoms with van der Waals surface area (Å²) in [5.41, 5.74) is 6.00. The molecule has 0 spiro atoms. The second-order valence-corrected chi connectivity index (χ2v) is 9.88. The number of anilines is 2. The zero-order valence-corrected chi connectivity index (χ0v) is 18.6. The van der Waals surface area contributed by atoms with Crippen molar-refractivity contribution >= 4 is 56.9 Å². The number of carbonyl (C=O) groups excluding carboxylic acids is 1. The Kier molecular flexibility index (Phi) is 4.65. The topological polar surface area (TPSA) is 106 Å². The molecule has 3 N–H and O–H groups in total. The van der Waals surface area contributed by atoms with Crippen LogP contribution >= 0.6 is 23.4 Å². The molecule has 0 unspecified atom stereocenters. The summed E-state index contributed by atoms with van der Waals surface area (Å²) in [6.45, 7) is 3.17. The SMILES string of the molecule is CC(=O)[C@]12C[C@H]1[C@@](C)(c1cc(Nc3ncnc4cc(Cl)cnc34)cc(F)c1F)N=C(N)S2. The van der Waals surface area contributed by atoms with E-state index in [2.05, 4.69) is 25.3 Å². The quantitative estimate of drug-likeness (QED) is 0.579. The first-order valence-electron chi connectivity index (χ1n) is 9.72. The van der Waals surface area contributed by atoms with Crippen molar-refractivity contribution in [2.24, 2.45) is 16.6 Å². The molecule has 1 aromatic carbocycles. The molecule has 3 aromatic rings. The van der Waals surface area contributed by atoms with Gasteiger partial charge in [0.1, 0.15) is 17.6 Å². The van der Waals surface area contributed by atoms with Gasteiger partial charge >= 0.3 is 0 Å². The fourth-order valence-corrected chi connectivity index (χ4v) is 5.94. The highest BCUT2D eigenvalue weighted by Gasteiger charge is 2.69. The Bertz CT molecular complexity index is 1340. The van der Waals surface area contributed by atoms with Gasteiger partial charge in [-0.15, -0.1) is 0 Å². The minimum absolute atomic E-state index is 0.0192. The van der Waals surface area contributed by atoms with Crippen LogP contribution in [-0.2, 0) is 10.3 Å². The Morgan fingerprint density at radius 2 is 2.06 bits per heavy atom. The molecule has 2 aliphatic rings. The summed E-state index contributed by atoms with van der Waals surface area (Å²) in [4.78, 5) is 29.3. The van der Waals surface area contributed by atoms with Gasteiger partial charge in [-0.1, -0.05) is 23.4 Å². The molecular weight excluding hydrogens is 458 g/mol. The number of nitrogens with two attached hydrogens (primary N) is 1. The summed E-state index contributed by atoms with van der Waals surface area (Å²) in [7, 11) is 0. The fraction of sp³-hybridized carbons (Fsp3) is 0.286. The summed E-state index contributed by atoms with van der Waals surface area (Å²) >= 11 is 7.17. The van der Waals surface area contributed by atoms with Gasteiger partial charge in [-0.05, 0) is 32.4 Å². The van der Waals surface area contributed by atoms with Crippen LogP contribution in [0.25, 0.3) is 11.0 Å². The first-order chi connectivity index (χ1) is 15.1. The Morgan fingerprint density at radius 1 is 1.28 bits per heavy atom. The summed E-state index contributed by atoms with van der Waals surface area (Å²) < 4.78 is 29.0. The number of nitrogens with zero attached hydrogens (tertiary/aromatic N) is 4. The van der Waals surface area contributed by atoms with Gasteiger partial charge in [-0.25, -0.2) is 23.7 Å². The van der Waals surface area contributed by atoms with E-state index in [1.54, 1.807) is 13.0 Å². The number of Topliss-reactive ketones (excluding diaryl/α,β-unsaturated/α-hetero) is 1. The van der Waals surface area contributed by atoms with Crippen LogP contribution in [0.15, 0.2) is 35.7 Å². The van der Waals surface area contributed by atoms with E-state index in [0.29, 0.717) is 28.3 Å². The van der Waals surface area contributed by atoms with E-state index in [1.165, 1.54) is 37.3 Å². The maximum absolute atomic E-state index is 15.0. The standard InChI is InChI=1S/C21H17ClF2N6OS/c1-9(31)21-6-15(21)20(2,30-19(25)32-21)12-4-11(5-13(23)16(12)24)29-18-17-14(27-8-28-18)3-10(22)7-26-17/h3-5,7-8,15H,6H2,1-2H3,(H2,25,30)(H,27,28,29)/t15-,20+,21+/m0/s1. The van der Waals surface area contributed by atoms with Gasteiger partial charge in [0, 0.05) is 29.4 Å². The third kappa shape index (κ3) is 3.12. The van der Waals surface area contributed by atoms with Crippen molar-refractivity contribution < 1.29 is 13.6 Å². The first kappa shape index (κ1) is 21.0. The molecule has 5 rings (SSSR count). The number of halogens is 3. The van der Waals surface area contributed by atoms with E-state index < -0.39 is 21.9 Å². The fourth-order valence-electron chi connectivity index (χ4n) is 4.41. The molecule has 2 aromatic heterocycles. The summed E-state index contributed by atoms with van der Waals surface area (Å²) in [6, 6.07) is 4.13. The van der Waals surface area contributed by atoms with E-state index in [-0.39, 0.29) is 28.1 Å². The number of benzene rings is 1. The number of carbonyl (C=O) groups is 1. The van der Waals surface area contributed by atoms with Crippen LogP contribution in [0.5, 0.6) is 0 Å². The number of rotatable bonds is 4. The van der Waals surface area contributed by atoms with Crippen molar-refractivity contribution in [3.05, 3.63) is 52.9 Å². The van der Waals surface area contributed by atoms with E-state index in [4.69, 9.17) is 17.3 Å².